The number of nitrogens with one attached hydrogen (secondary N) is 1. The van der Waals surface area contributed by atoms with Crippen LogP contribution in [0.1, 0.15) is 23.7 Å². The summed E-state index contributed by atoms with van der Waals surface area (Å²) in [5.74, 6) is 0.455. The molecule has 0 saturated carbocycles. The van der Waals surface area contributed by atoms with Gasteiger partial charge in [0.15, 0.2) is 10.9 Å². The van der Waals surface area contributed by atoms with Crippen LogP contribution in [0.4, 0.5) is 5.82 Å². The lowest BCUT2D eigenvalue weighted by molar-refractivity contribution is -0.109. The second-order valence-corrected chi connectivity index (χ2v) is 11.8. The Labute approximate surface area is 210 Å². The molecule has 0 aliphatic rings. The Kier molecular flexibility index (Phi) is 12.3. The molecule has 0 spiro atoms. The number of Topliss-reactive ketones (excluding diaryl/α,β-unsaturated/α-hetero) is 1. The summed E-state index contributed by atoms with van der Waals surface area (Å²) in [5.41, 5.74) is 0.308. The summed E-state index contributed by atoms with van der Waals surface area (Å²) in [5, 5.41) is -0.148. The first-order valence-corrected chi connectivity index (χ1v) is 14.4. The first-order chi connectivity index (χ1) is 16.2. The Morgan fingerprint density at radius 1 is 1.09 bits per heavy atom. The molecule has 1 aromatic carbocycles. The zero-order valence-electron chi connectivity index (χ0n) is 19.8. The zero-order chi connectivity index (χ0) is 26.6. The molecule has 0 aliphatic heterocycles. The number of anilines is 1. The van der Waals surface area contributed by atoms with Crippen LogP contribution in [0.5, 0.6) is 5.75 Å². The highest BCUT2D eigenvalue weighted by atomic mass is 32.2. The van der Waals surface area contributed by atoms with Gasteiger partial charge in [-0.1, -0.05) is 11.8 Å². The largest absolute Gasteiger partial charge is 0.494 e. The third-order valence-electron chi connectivity index (χ3n) is 3.88. The van der Waals surface area contributed by atoms with Crippen molar-refractivity contribution in [3.8, 4) is 5.75 Å². The van der Waals surface area contributed by atoms with Crippen LogP contribution >= 0.6 is 11.8 Å². The summed E-state index contributed by atoms with van der Waals surface area (Å²) in [6.45, 7) is 2.84. The van der Waals surface area contributed by atoms with Crippen LogP contribution in [0.3, 0.4) is 0 Å². The molecule has 0 fully saturated rings. The fourth-order valence-electron chi connectivity index (χ4n) is 2.35. The number of hydrogen-bond acceptors (Lipinski definition) is 10. The molecule has 1 aromatic heterocycles. The van der Waals surface area contributed by atoms with Gasteiger partial charge in [0, 0.05) is 25.2 Å². The second kappa shape index (κ2) is 14.1. The van der Waals surface area contributed by atoms with Crippen LogP contribution in [0, 0.1) is 0 Å². The van der Waals surface area contributed by atoms with E-state index in [1.807, 2.05) is 14.1 Å². The van der Waals surface area contributed by atoms with Gasteiger partial charge in [-0.05, 0) is 56.9 Å². The van der Waals surface area contributed by atoms with Gasteiger partial charge in [0.1, 0.15) is 11.6 Å². The van der Waals surface area contributed by atoms with Crippen LogP contribution in [0.15, 0.2) is 47.5 Å². The molecule has 0 bridgehead atoms. The number of carbonyl (C=O) groups is 2. The number of rotatable bonds is 11. The van der Waals surface area contributed by atoms with Gasteiger partial charge in [0.05, 0.1) is 23.5 Å². The van der Waals surface area contributed by atoms with Gasteiger partial charge in [0.2, 0.25) is 0 Å². The summed E-state index contributed by atoms with van der Waals surface area (Å²) in [6, 6.07) is 9.00. The molecule has 0 unspecified atom stereocenters. The van der Waals surface area contributed by atoms with Crippen LogP contribution in [0.25, 0.3) is 0 Å². The molecule has 0 aliphatic carbocycles. The lowest BCUT2D eigenvalue weighted by Crippen LogP contribution is -2.16. The number of nitrogens with zero attached hydrogens (tertiary/aromatic N) is 2. The molecule has 11 nitrogen and oxygen atoms in total. The highest BCUT2D eigenvalue weighted by molar-refractivity contribution is 8.14. The van der Waals surface area contributed by atoms with Crippen molar-refractivity contribution in [2.24, 2.45) is 0 Å². The van der Waals surface area contributed by atoms with Gasteiger partial charge in [-0.3, -0.25) is 18.9 Å². The van der Waals surface area contributed by atoms with E-state index < -0.39 is 20.1 Å². The van der Waals surface area contributed by atoms with Crippen LogP contribution in [0.2, 0.25) is 0 Å². The van der Waals surface area contributed by atoms with E-state index in [9.17, 15) is 26.4 Å². The number of pyridine rings is 1. The van der Waals surface area contributed by atoms with E-state index >= 15 is 0 Å². The molecule has 0 radical (unpaired) electrons. The molecule has 0 saturated heterocycles. The molecule has 0 amide bonds. The van der Waals surface area contributed by atoms with Gasteiger partial charge in [-0.25, -0.2) is 13.4 Å². The Hall–Kier alpha value is -2.52. The maximum absolute atomic E-state index is 12.5. The minimum Gasteiger partial charge on any atom is -0.494 e. The lowest BCUT2D eigenvalue weighted by atomic mass is 10.2. The van der Waals surface area contributed by atoms with Crippen molar-refractivity contribution < 1.29 is 35.7 Å². The fourth-order valence-corrected chi connectivity index (χ4v) is 3.86. The monoisotopic (exact) mass is 547 g/mol. The highest BCUT2D eigenvalue weighted by Crippen LogP contribution is 2.19. The number of carbonyl (C=O) groups excluding carboxylic acids is 2. The minimum absolute atomic E-state index is 0.0195. The third-order valence-corrected chi connectivity index (χ3v) is 6.07. The quantitative estimate of drug-likeness (QED) is 0.241. The summed E-state index contributed by atoms with van der Waals surface area (Å²) in [6.07, 6.45) is 2.87. The number of benzene rings is 1. The molecular weight excluding hydrogens is 518 g/mol. The van der Waals surface area contributed by atoms with Crippen molar-refractivity contribution >= 4 is 48.6 Å². The number of hydrogen-bond donors (Lipinski definition) is 2. The van der Waals surface area contributed by atoms with E-state index in [2.05, 4.69) is 14.6 Å². The lowest BCUT2D eigenvalue weighted by Gasteiger charge is -2.11. The van der Waals surface area contributed by atoms with Gasteiger partial charge < -0.3 is 9.64 Å². The summed E-state index contributed by atoms with van der Waals surface area (Å²) >= 11 is 0.914. The van der Waals surface area contributed by atoms with E-state index in [1.54, 1.807) is 12.1 Å². The standard InChI is InChI=1S/C20H25N3O5S2.CH4O3S/c1-15(24)29-14-19(25)16-5-10-20(21-13-16)22-30(26,27)18-8-6-17(7-9-18)28-12-4-11-23(2)3;1-5(2,3)4/h5-10,13H,4,11-12,14H2,1-3H3,(H,21,22);1H3,(H,2,3,4). The van der Waals surface area contributed by atoms with E-state index in [1.165, 1.54) is 37.4 Å². The Morgan fingerprint density at radius 3 is 2.17 bits per heavy atom. The third kappa shape index (κ3) is 13.8. The number of sulfonamides is 1. The molecule has 35 heavy (non-hydrogen) atoms. The fraction of sp³-hybridized carbons (Fsp3) is 0.381. The smallest absolute Gasteiger partial charge is 0.263 e. The summed E-state index contributed by atoms with van der Waals surface area (Å²) in [7, 11) is -3.52. The van der Waals surface area contributed by atoms with Gasteiger partial charge in [0.25, 0.3) is 20.1 Å². The molecule has 14 heteroatoms. The second-order valence-electron chi connectivity index (χ2n) is 7.45. The van der Waals surface area contributed by atoms with Crippen molar-refractivity contribution in [2.45, 2.75) is 18.2 Å². The van der Waals surface area contributed by atoms with Crippen molar-refractivity contribution in [2.75, 3.05) is 44.0 Å². The zero-order valence-corrected chi connectivity index (χ0v) is 22.2. The van der Waals surface area contributed by atoms with Gasteiger partial charge in [-0.2, -0.15) is 8.42 Å². The average Bonchev–Trinajstić information content (AvgIpc) is 2.74. The molecule has 1 heterocycles. The van der Waals surface area contributed by atoms with Crippen molar-refractivity contribution in [1.82, 2.24) is 9.88 Å². The minimum atomic E-state index is -3.83. The van der Waals surface area contributed by atoms with Crippen molar-refractivity contribution in [3.05, 3.63) is 48.2 Å². The van der Waals surface area contributed by atoms with E-state index in [0.29, 0.717) is 24.2 Å². The number of thioether (sulfide) groups is 1. The number of aromatic nitrogens is 1. The van der Waals surface area contributed by atoms with Crippen LogP contribution in [-0.2, 0) is 24.9 Å². The Balaban J connectivity index is 0.00000111. The van der Waals surface area contributed by atoms with Gasteiger partial charge >= 0.3 is 0 Å². The maximum atomic E-state index is 12.5. The molecule has 2 N–H and O–H groups in total. The molecule has 0 atom stereocenters. The molecule has 2 aromatic rings. The SMILES string of the molecule is CC(=O)SCC(=O)c1ccc(NS(=O)(=O)c2ccc(OCCCN(C)C)cc2)nc1.CS(=O)(=O)O. The van der Waals surface area contributed by atoms with E-state index in [0.717, 1.165) is 24.7 Å². The Morgan fingerprint density at radius 2 is 1.69 bits per heavy atom. The molecule has 194 valence electrons. The number of ketones is 1. The molecule has 2 rings (SSSR count). The number of ether oxygens (including phenoxy) is 1. The average molecular weight is 548 g/mol. The van der Waals surface area contributed by atoms with E-state index in [4.69, 9.17) is 9.29 Å². The summed E-state index contributed by atoms with van der Waals surface area (Å²) < 4.78 is 58.9. The summed E-state index contributed by atoms with van der Waals surface area (Å²) in [4.78, 5) is 29.0. The van der Waals surface area contributed by atoms with E-state index in [-0.39, 0.29) is 27.4 Å². The maximum Gasteiger partial charge on any atom is 0.263 e. The first-order valence-electron chi connectivity index (χ1n) is 10.1. The Bertz CT molecular complexity index is 1170. The predicted molar refractivity (Wildman–Crippen MR) is 135 cm³/mol. The van der Waals surface area contributed by atoms with Crippen LogP contribution < -0.4 is 9.46 Å². The highest BCUT2D eigenvalue weighted by Gasteiger charge is 2.16. The topological polar surface area (TPSA) is 160 Å². The first kappa shape index (κ1) is 30.5. The van der Waals surface area contributed by atoms with Crippen LogP contribution in [-0.4, -0.2) is 81.4 Å². The van der Waals surface area contributed by atoms with Crippen molar-refractivity contribution in [1.29, 1.82) is 0 Å². The molecular formula is C21H29N3O8S3. The van der Waals surface area contributed by atoms with Gasteiger partial charge in [-0.15, -0.1) is 0 Å². The predicted octanol–water partition coefficient (Wildman–Crippen LogP) is 2.18. The normalized spacial score (nSPS) is 11.4. The van der Waals surface area contributed by atoms with Crippen molar-refractivity contribution in [3.63, 3.8) is 0 Å².